The van der Waals surface area contributed by atoms with Crippen LogP contribution in [0.3, 0.4) is 0 Å². The summed E-state index contributed by atoms with van der Waals surface area (Å²) in [7, 11) is 0. The van der Waals surface area contributed by atoms with E-state index in [0.717, 1.165) is 5.56 Å². The topological polar surface area (TPSA) is 79.3 Å². The predicted molar refractivity (Wildman–Crippen MR) is 71.4 cm³/mol. The van der Waals surface area contributed by atoms with Gasteiger partial charge in [-0.15, -0.1) is 0 Å². The maximum atomic E-state index is 11.9. The number of pyridine rings is 1. The Kier molecular flexibility index (Phi) is 5.03. The number of rotatable bonds is 6. The lowest BCUT2D eigenvalue weighted by molar-refractivity contribution is -0.139. The van der Waals surface area contributed by atoms with Gasteiger partial charge in [-0.1, -0.05) is 19.9 Å². The highest BCUT2D eigenvalue weighted by Gasteiger charge is 2.25. The standard InChI is InChI=1S/C14H20N2O3/c1-10(11-5-4-6-15-9-11)16-12(17)7-14(2,3)8-13(18)19/h4-6,9-10H,7-8H2,1-3H3,(H,16,17)(H,18,19)/t10-/m1/s1. The van der Waals surface area contributed by atoms with E-state index in [-0.39, 0.29) is 24.8 Å². The van der Waals surface area contributed by atoms with Crippen molar-refractivity contribution in [3.05, 3.63) is 30.1 Å². The van der Waals surface area contributed by atoms with E-state index >= 15 is 0 Å². The number of carboxylic acids is 1. The molecule has 1 aromatic rings. The summed E-state index contributed by atoms with van der Waals surface area (Å²) in [4.78, 5) is 26.6. The zero-order valence-electron chi connectivity index (χ0n) is 11.5. The van der Waals surface area contributed by atoms with Crippen molar-refractivity contribution in [2.45, 2.75) is 39.7 Å². The Labute approximate surface area is 113 Å². The van der Waals surface area contributed by atoms with Gasteiger partial charge in [0, 0.05) is 18.8 Å². The molecule has 0 aliphatic rings. The first-order valence-electron chi connectivity index (χ1n) is 6.21. The number of carboxylic acid groups (broad SMARTS) is 1. The van der Waals surface area contributed by atoms with Crippen LogP contribution >= 0.6 is 0 Å². The molecule has 0 fully saturated rings. The highest BCUT2D eigenvalue weighted by molar-refractivity contribution is 5.78. The van der Waals surface area contributed by atoms with Gasteiger partial charge < -0.3 is 10.4 Å². The Morgan fingerprint density at radius 1 is 1.42 bits per heavy atom. The molecule has 1 atom stereocenters. The van der Waals surface area contributed by atoms with Gasteiger partial charge >= 0.3 is 5.97 Å². The molecule has 0 aromatic carbocycles. The number of amides is 1. The fourth-order valence-electron chi connectivity index (χ4n) is 1.91. The summed E-state index contributed by atoms with van der Waals surface area (Å²) in [5.41, 5.74) is 0.372. The number of nitrogens with one attached hydrogen (secondary N) is 1. The molecule has 0 unspecified atom stereocenters. The molecular formula is C14H20N2O3. The van der Waals surface area contributed by atoms with Gasteiger partial charge in [-0.25, -0.2) is 0 Å². The maximum absolute atomic E-state index is 11.9. The van der Waals surface area contributed by atoms with Crippen LogP contribution in [0.4, 0.5) is 0 Å². The molecule has 5 heteroatoms. The van der Waals surface area contributed by atoms with Gasteiger partial charge in [0.25, 0.3) is 0 Å². The van der Waals surface area contributed by atoms with Crippen LogP contribution in [0.5, 0.6) is 0 Å². The van der Waals surface area contributed by atoms with Crippen molar-refractivity contribution < 1.29 is 14.7 Å². The van der Waals surface area contributed by atoms with E-state index in [9.17, 15) is 9.59 Å². The van der Waals surface area contributed by atoms with Crippen molar-refractivity contribution in [3.63, 3.8) is 0 Å². The normalized spacial score (nSPS) is 12.8. The van der Waals surface area contributed by atoms with Gasteiger partial charge in [-0.3, -0.25) is 14.6 Å². The average molecular weight is 264 g/mol. The smallest absolute Gasteiger partial charge is 0.303 e. The number of nitrogens with zero attached hydrogens (tertiary/aromatic N) is 1. The Bertz CT molecular complexity index is 443. The van der Waals surface area contributed by atoms with Crippen LogP contribution in [-0.2, 0) is 9.59 Å². The number of aliphatic carboxylic acids is 1. The summed E-state index contributed by atoms with van der Waals surface area (Å²) in [6.45, 7) is 5.42. The van der Waals surface area contributed by atoms with Crippen LogP contribution in [0, 0.1) is 5.41 Å². The average Bonchev–Trinajstić information content (AvgIpc) is 2.27. The summed E-state index contributed by atoms with van der Waals surface area (Å²) in [5, 5.41) is 11.6. The molecule has 1 heterocycles. The van der Waals surface area contributed by atoms with Crippen LogP contribution in [0.1, 0.15) is 45.2 Å². The molecular weight excluding hydrogens is 244 g/mol. The monoisotopic (exact) mass is 264 g/mol. The van der Waals surface area contributed by atoms with E-state index < -0.39 is 11.4 Å². The lowest BCUT2D eigenvalue weighted by atomic mass is 9.85. The van der Waals surface area contributed by atoms with Crippen molar-refractivity contribution in [3.8, 4) is 0 Å². The molecule has 1 aromatic heterocycles. The zero-order chi connectivity index (χ0) is 14.5. The van der Waals surface area contributed by atoms with Gasteiger partial charge in [0.2, 0.25) is 5.91 Å². The quantitative estimate of drug-likeness (QED) is 0.825. The molecule has 1 amide bonds. The Morgan fingerprint density at radius 2 is 2.11 bits per heavy atom. The second-order valence-electron chi connectivity index (χ2n) is 5.49. The third-order valence-electron chi connectivity index (χ3n) is 2.83. The number of carbonyl (C=O) groups excluding carboxylic acids is 1. The molecule has 19 heavy (non-hydrogen) atoms. The summed E-state index contributed by atoms with van der Waals surface area (Å²) in [6, 6.07) is 3.56. The summed E-state index contributed by atoms with van der Waals surface area (Å²) >= 11 is 0. The van der Waals surface area contributed by atoms with E-state index in [2.05, 4.69) is 10.3 Å². The second-order valence-corrected chi connectivity index (χ2v) is 5.49. The minimum Gasteiger partial charge on any atom is -0.481 e. The predicted octanol–water partition coefficient (Wildman–Crippen LogP) is 2.15. The SMILES string of the molecule is C[C@@H](NC(=O)CC(C)(C)CC(=O)O)c1cccnc1. The third kappa shape index (κ3) is 5.50. The molecule has 0 spiro atoms. The lowest BCUT2D eigenvalue weighted by Crippen LogP contribution is -2.31. The van der Waals surface area contributed by atoms with Gasteiger partial charge in [-0.2, -0.15) is 0 Å². The fraction of sp³-hybridized carbons (Fsp3) is 0.500. The minimum absolute atomic E-state index is 0.0261. The first-order chi connectivity index (χ1) is 8.80. The van der Waals surface area contributed by atoms with Crippen molar-refractivity contribution >= 4 is 11.9 Å². The lowest BCUT2D eigenvalue weighted by Gasteiger charge is -2.23. The molecule has 5 nitrogen and oxygen atoms in total. The molecule has 0 bridgehead atoms. The van der Waals surface area contributed by atoms with Crippen LogP contribution in [-0.4, -0.2) is 22.0 Å². The molecule has 0 saturated carbocycles. The second kappa shape index (κ2) is 6.31. The van der Waals surface area contributed by atoms with Gasteiger partial charge in [-0.05, 0) is 24.0 Å². The summed E-state index contributed by atoms with van der Waals surface area (Å²) < 4.78 is 0. The van der Waals surface area contributed by atoms with E-state index in [1.807, 2.05) is 19.1 Å². The summed E-state index contributed by atoms with van der Waals surface area (Å²) in [6.07, 6.45) is 3.53. The molecule has 0 saturated heterocycles. The largest absolute Gasteiger partial charge is 0.481 e. The van der Waals surface area contributed by atoms with E-state index in [1.54, 1.807) is 26.2 Å². The number of hydrogen-bond acceptors (Lipinski definition) is 3. The van der Waals surface area contributed by atoms with Gasteiger partial charge in [0.1, 0.15) is 0 Å². The fourth-order valence-corrected chi connectivity index (χ4v) is 1.91. The Balaban J connectivity index is 2.54. The molecule has 2 N–H and O–H groups in total. The van der Waals surface area contributed by atoms with Crippen molar-refractivity contribution in [2.24, 2.45) is 5.41 Å². The number of hydrogen-bond donors (Lipinski definition) is 2. The first kappa shape index (κ1) is 15.1. The highest BCUT2D eigenvalue weighted by Crippen LogP contribution is 2.25. The van der Waals surface area contributed by atoms with E-state index in [4.69, 9.17) is 5.11 Å². The molecule has 104 valence electrons. The molecule has 1 rings (SSSR count). The van der Waals surface area contributed by atoms with E-state index in [0.29, 0.717) is 0 Å². The molecule has 0 aliphatic heterocycles. The van der Waals surface area contributed by atoms with Crippen LogP contribution in [0.15, 0.2) is 24.5 Å². The number of carbonyl (C=O) groups is 2. The van der Waals surface area contributed by atoms with Crippen molar-refractivity contribution in [1.82, 2.24) is 10.3 Å². The van der Waals surface area contributed by atoms with Crippen LogP contribution in [0.25, 0.3) is 0 Å². The number of aromatic nitrogens is 1. The van der Waals surface area contributed by atoms with E-state index in [1.165, 1.54) is 0 Å². The zero-order valence-corrected chi connectivity index (χ0v) is 11.5. The van der Waals surface area contributed by atoms with Gasteiger partial charge in [0.15, 0.2) is 0 Å². The first-order valence-corrected chi connectivity index (χ1v) is 6.21. The van der Waals surface area contributed by atoms with Crippen LogP contribution < -0.4 is 5.32 Å². The van der Waals surface area contributed by atoms with Crippen LogP contribution in [0.2, 0.25) is 0 Å². The van der Waals surface area contributed by atoms with Crippen molar-refractivity contribution in [1.29, 1.82) is 0 Å². The van der Waals surface area contributed by atoms with Crippen molar-refractivity contribution in [2.75, 3.05) is 0 Å². The summed E-state index contributed by atoms with van der Waals surface area (Å²) in [5.74, 6) is -1.04. The highest BCUT2D eigenvalue weighted by atomic mass is 16.4. The Morgan fingerprint density at radius 3 is 2.63 bits per heavy atom. The Hall–Kier alpha value is -1.91. The third-order valence-corrected chi connectivity index (χ3v) is 2.83. The maximum Gasteiger partial charge on any atom is 0.303 e. The van der Waals surface area contributed by atoms with Gasteiger partial charge in [0.05, 0.1) is 12.5 Å². The molecule has 0 radical (unpaired) electrons. The minimum atomic E-state index is -0.891. The molecule has 0 aliphatic carbocycles.